The molecule has 0 amide bonds. The topological polar surface area (TPSA) is 56.4 Å². The molecule has 5 nitrogen and oxygen atoms in total. The number of fused-ring (bicyclic) bond motifs is 4. The van der Waals surface area contributed by atoms with Gasteiger partial charge in [0.05, 0.1) is 11.3 Å². The van der Waals surface area contributed by atoms with Crippen molar-refractivity contribution >= 4 is 11.5 Å². The SMILES string of the molecule is N#Cc1c2c(c(N3CCNCC3)n3c4c(nc13)CCCC4)CCC2. The lowest BCUT2D eigenvalue weighted by atomic mass is 10.0. The van der Waals surface area contributed by atoms with Crippen LogP contribution in [0.5, 0.6) is 0 Å². The lowest BCUT2D eigenvalue weighted by Crippen LogP contribution is -2.44. The molecule has 5 rings (SSSR count). The van der Waals surface area contributed by atoms with Gasteiger partial charge in [-0.1, -0.05) is 0 Å². The number of hydrogen-bond acceptors (Lipinski definition) is 4. The monoisotopic (exact) mass is 321 g/mol. The highest BCUT2D eigenvalue weighted by molar-refractivity contribution is 5.72. The molecule has 0 bridgehead atoms. The highest BCUT2D eigenvalue weighted by Gasteiger charge is 2.30. The fourth-order valence-corrected chi connectivity index (χ4v) is 4.80. The van der Waals surface area contributed by atoms with Crippen LogP contribution in [0.1, 0.15) is 47.3 Å². The third-order valence-electron chi connectivity index (χ3n) is 5.89. The summed E-state index contributed by atoms with van der Waals surface area (Å²) in [5, 5.41) is 13.3. The Morgan fingerprint density at radius 3 is 2.58 bits per heavy atom. The molecule has 0 radical (unpaired) electrons. The van der Waals surface area contributed by atoms with Crippen LogP contribution in [0.15, 0.2) is 0 Å². The minimum Gasteiger partial charge on any atom is -0.355 e. The smallest absolute Gasteiger partial charge is 0.157 e. The van der Waals surface area contributed by atoms with E-state index in [0.717, 1.165) is 63.1 Å². The molecule has 2 aliphatic carbocycles. The van der Waals surface area contributed by atoms with Crippen LogP contribution in [0.3, 0.4) is 0 Å². The van der Waals surface area contributed by atoms with Gasteiger partial charge in [0.25, 0.3) is 0 Å². The Balaban J connectivity index is 1.85. The van der Waals surface area contributed by atoms with Gasteiger partial charge in [-0.2, -0.15) is 5.26 Å². The number of anilines is 1. The summed E-state index contributed by atoms with van der Waals surface area (Å²) in [6.45, 7) is 4.15. The molecular formula is C19H23N5. The lowest BCUT2D eigenvalue weighted by Gasteiger charge is -2.32. The summed E-state index contributed by atoms with van der Waals surface area (Å²) in [5.74, 6) is 1.36. The van der Waals surface area contributed by atoms with Crippen LogP contribution in [-0.4, -0.2) is 35.6 Å². The highest BCUT2D eigenvalue weighted by atomic mass is 15.3. The van der Waals surface area contributed by atoms with Gasteiger partial charge in [-0.3, -0.25) is 4.40 Å². The first-order valence-corrected chi connectivity index (χ1v) is 9.32. The summed E-state index contributed by atoms with van der Waals surface area (Å²) in [6.07, 6.45) is 7.92. The van der Waals surface area contributed by atoms with Crippen molar-refractivity contribution < 1.29 is 0 Å². The van der Waals surface area contributed by atoms with Crippen molar-refractivity contribution in [1.29, 1.82) is 5.26 Å². The average molecular weight is 321 g/mol. The maximum atomic E-state index is 9.84. The van der Waals surface area contributed by atoms with Crippen LogP contribution in [0, 0.1) is 11.3 Å². The second-order valence-electron chi connectivity index (χ2n) is 7.23. The number of nitrogens with zero attached hydrogens (tertiary/aromatic N) is 4. The number of imidazole rings is 1. The molecule has 1 aliphatic heterocycles. The quantitative estimate of drug-likeness (QED) is 0.873. The fraction of sp³-hybridized carbons (Fsp3) is 0.579. The normalized spacial score (nSPS) is 20.0. The van der Waals surface area contributed by atoms with Gasteiger partial charge in [0.2, 0.25) is 0 Å². The number of piperazine rings is 1. The molecule has 2 aromatic heterocycles. The van der Waals surface area contributed by atoms with E-state index >= 15 is 0 Å². The van der Waals surface area contributed by atoms with E-state index in [9.17, 15) is 5.26 Å². The van der Waals surface area contributed by atoms with E-state index in [4.69, 9.17) is 4.98 Å². The van der Waals surface area contributed by atoms with Crippen molar-refractivity contribution in [3.63, 3.8) is 0 Å². The van der Waals surface area contributed by atoms with Crippen molar-refractivity contribution in [3.05, 3.63) is 28.1 Å². The summed E-state index contributed by atoms with van der Waals surface area (Å²) >= 11 is 0. The molecule has 0 spiro atoms. The highest BCUT2D eigenvalue weighted by Crippen LogP contribution is 2.38. The largest absolute Gasteiger partial charge is 0.355 e. The summed E-state index contributed by atoms with van der Waals surface area (Å²) in [7, 11) is 0. The van der Waals surface area contributed by atoms with Gasteiger partial charge in [0, 0.05) is 31.9 Å². The van der Waals surface area contributed by atoms with E-state index < -0.39 is 0 Å². The number of pyridine rings is 1. The molecule has 0 atom stereocenters. The van der Waals surface area contributed by atoms with E-state index in [1.807, 2.05) is 0 Å². The fourth-order valence-electron chi connectivity index (χ4n) is 4.80. The van der Waals surface area contributed by atoms with Crippen molar-refractivity contribution in [2.45, 2.75) is 44.9 Å². The molecule has 1 fully saturated rings. The van der Waals surface area contributed by atoms with E-state index in [2.05, 4.69) is 20.7 Å². The summed E-state index contributed by atoms with van der Waals surface area (Å²) in [6, 6.07) is 2.50. The number of nitriles is 1. The minimum atomic E-state index is 0.843. The zero-order valence-corrected chi connectivity index (χ0v) is 14.1. The van der Waals surface area contributed by atoms with Crippen LogP contribution in [0.2, 0.25) is 0 Å². The molecular weight excluding hydrogens is 298 g/mol. The Morgan fingerprint density at radius 2 is 1.75 bits per heavy atom. The molecule has 2 aromatic rings. The van der Waals surface area contributed by atoms with Gasteiger partial charge in [-0.05, 0) is 56.1 Å². The molecule has 3 aliphatic rings. The van der Waals surface area contributed by atoms with Gasteiger partial charge in [0.1, 0.15) is 11.9 Å². The van der Waals surface area contributed by atoms with Crippen LogP contribution in [0.25, 0.3) is 5.65 Å². The summed E-state index contributed by atoms with van der Waals surface area (Å²) in [4.78, 5) is 7.49. The van der Waals surface area contributed by atoms with Crippen molar-refractivity contribution in [2.24, 2.45) is 0 Å². The van der Waals surface area contributed by atoms with Crippen LogP contribution in [0.4, 0.5) is 5.82 Å². The van der Waals surface area contributed by atoms with Gasteiger partial charge in [-0.25, -0.2) is 4.98 Å². The standard InChI is InChI=1S/C19H23N5/c20-12-15-13-4-3-5-14(13)19(23-10-8-21-9-11-23)24-17-7-2-1-6-16(17)22-18(15)24/h21H,1-11H2. The van der Waals surface area contributed by atoms with Gasteiger partial charge >= 0.3 is 0 Å². The Bertz CT molecular complexity index is 851. The molecule has 5 heteroatoms. The summed E-state index contributed by atoms with van der Waals surface area (Å²) < 4.78 is 2.38. The Kier molecular flexibility index (Phi) is 3.27. The maximum absolute atomic E-state index is 9.84. The van der Waals surface area contributed by atoms with Crippen molar-refractivity contribution in [1.82, 2.24) is 14.7 Å². The van der Waals surface area contributed by atoms with Crippen LogP contribution >= 0.6 is 0 Å². The lowest BCUT2D eigenvalue weighted by molar-refractivity contribution is 0.578. The number of hydrogen-bond donors (Lipinski definition) is 1. The predicted molar refractivity (Wildman–Crippen MR) is 93.7 cm³/mol. The van der Waals surface area contributed by atoms with Gasteiger partial charge in [-0.15, -0.1) is 0 Å². The zero-order chi connectivity index (χ0) is 16.1. The number of aryl methyl sites for hydroxylation is 2. The van der Waals surface area contributed by atoms with Crippen molar-refractivity contribution in [2.75, 3.05) is 31.1 Å². The number of nitrogens with one attached hydrogen (secondary N) is 1. The third-order valence-corrected chi connectivity index (χ3v) is 5.89. The second-order valence-corrected chi connectivity index (χ2v) is 7.23. The average Bonchev–Trinajstić information content (AvgIpc) is 3.25. The van der Waals surface area contributed by atoms with Gasteiger partial charge in [0.15, 0.2) is 5.65 Å². The zero-order valence-electron chi connectivity index (χ0n) is 14.1. The third kappa shape index (κ3) is 1.93. The predicted octanol–water partition coefficient (Wildman–Crippen LogP) is 1.98. The molecule has 1 N–H and O–H groups in total. The molecule has 3 heterocycles. The molecule has 0 aromatic carbocycles. The van der Waals surface area contributed by atoms with Crippen LogP contribution < -0.4 is 10.2 Å². The van der Waals surface area contributed by atoms with E-state index in [-0.39, 0.29) is 0 Å². The first-order valence-electron chi connectivity index (χ1n) is 9.32. The minimum absolute atomic E-state index is 0.843. The Labute approximate surface area is 142 Å². The first kappa shape index (κ1) is 14.3. The number of rotatable bonds is 1. The Morgan fingerprint density at radius 1 is 0.958 bits per heavy atom. The van der Waals surface area contributed by atoms with E-state index in [0.29, 0.717) is 0 Å². The van der Waals surface area contributed by atoms with Gasteiger partial charge < -0.3 is 10.2 Å². The van der Waals surface area contributed by atoms with E-state index in [1.165, 1.54) is 47.6 Å². The summed E-state index contributed by atoms with van der Waals surface area (Å²) in [5.41, 5.74) is 7.08. The molecule has 124 valence electrons. The number of aromatic nitrogens is 2. The van der Waals surface area contributed by atoms with Crippen molar-refractivity contribution in [3.8, 4) is 6.07 Å². The van der Waals surface area contributed by atoms with Crippen LogP contribution in [-0.2, 0) is 25.7 Å². The Hall–Kier alpha value is -2.06. The molecule has 0 saturated carbocycles. The first-order chi connectivity index (χ1) is 11.9. The van der Waals surface area contributed by atoms with E-state index in [1.54, 1.807) is 0 Å². The maximum Gasteiger partial charge on any atom is 0.157 e. The molecule has 24 heavy (non-hydrogen) atoms. The molecule has 0 unspecified atom stereocenters. The second kappa shape index (κ2) is 5.49. The molecule has 1 saturated heterocycles.